The fourth-order valence-electron chi connectivity index (χ4n) is 1.65. The average Bonchev–Trinajstić information content (AvgIpc) is 2.43. The molecule has 1 amide bonds. The van der Waals surface area contributed by atoms with E-state index in [1.54, 1.807) is 32.1 Å². The Balaban J connectivity index is 2.68. The number of anilines is 1. The van der Waals surface area contributed by atoms with E-state index < -0.39 is 5.54 Å². The first-order chi connectivity index (χ1) is 10.2. The summed E-state index contributed by atoms with van der Waals surface area (Å²) in [6.07, 6.45) is 3.09. The number of carbonyl (C=O) groups excluding carboxylic acids is 1. The average molecular weight is 306 g/mol. The molecule has 5 heteroatoms. The van der Waals surface area contributed by atoms with Crippen molar-refractivity contribution >= 4 is 17.7 Å². The van der Waals surface area contributed by atoms with Gasteiger partial charge in [0.05, 0.1) is 24.4 Å². The lowest BCUT2D eigenvalue weighted by Gasteiger charge is -2.22. The molecule has 0 aliphatic carbocycles. The van der Waals surface area contributed by atoms with Gasteiger partial charge in [-0.2, -0.15) is 0 Å². The lowest BCUT2D eigenvalue weighted by molar-refractivity contribution is -0.118. The number of nitrogen functional groups attached to an aromatic ring is 1. The van der Waals surface area contributed by atoms with E-state index in [9.17, 15) is 4.79 Å². The number of hydrogen-bond acceptors (Lipinski definition) is 4. The molecule has 1 rings (SSSR count). The molecule has 1 aromatic carbocycles. The maximum Gasteiger partial charge on any atom is 0.244 e. The molecule has 0 spiro atoms. The Morgan fingerprint density at radius 2 is 2.14 bits per heavy atom. The van der Waals surface area contributed by atoms with Crippen molar-refractivity contribution in [3.05, 3.63) is 29.8 Å². The highest BCUT2D eigenvalue weighted by Gasteiger charge is 2.17. The molecule has 4 N–H and O–H groups in total. The van der Waals surface area contributed by atoms with Crippen LogP contribution in [0.3, 0.4) is 0 Å². The van der Waals surface area contributed by atoms with E-state index in [-0.39, 0.29) is 12.5 Å². The largest absolute Gasteiger partial charge is 0.491 e. The number of aliphatic hydroxyl groups excluding tert-OH is 1. The van der Waals surface area contributed by atoms with E-state index in [1.807, 2.05) is 6.07 Å². The van der Waals surface area contributed by atoms with Crippen molar-refractivity contribution in [2.75, 3.05) is 18.9 Å². The highest BCUT2D eigenvalue weighted by Crippen LogP contribution is 2.23. The van der Waals surface area contributed by atoms with Crippen molar-refractivity contribution in [3.63, 3.8) is 0 Å². The van der Waals surface area contributed by atoms with Gasteiger partial charge < -0.3 is 20.9 Å². The summed E-state index contributed by atoms with van der Waals surface area (Å²) in [5, 5.41) is 11.8. The second kappa shape index (κ2) is 7.84. The number of nitrogens with two attached hydrogens (primary N) is 1. The van der Waals surface area contributed by atoms with Crippen molar-refractivity contribution < 1.29 is 14.6 Å². The molecule has 122 valence electrons. The normalized spacial score (nSPS) is 11.9. The molecular formula is C17H26N2O3. The number of rotatable bonds is 7. The first-order valence-corrected chi connectivity index (χ1v) is 7.37. The molecule has 5 nitrogen and oxygen atoms in total. The van der Waals surface area contributed by atoms with E-state index in [0.29, 0.717) is 24.0 Å². The minimum Gasteiger partial charge on any atom is -0.491 e. The van der Waals surface area contributed by atoms with E-state index in [2.05, 4.69) is 19.2 Å². The minimum absolute atomic E-state index is 0.124. The van der Waals surface area contributed by atoms with Gasteiger partial charge in [0.15, 0.2) is 0 Å². The summed E-state index contributed by atoms with van der Waals surface area (Å²) in [6, 6.07) is 5.40. The summed E-state index contributed by atoms with van der Waals surface area (Å²) in [5.41, 5.74) is 6.65. The first kappa shape index (κ1) is 18.0. The molecule has 0 aromatic heterocycles. The quantitative estimate of drug-likeness (QED) is 0.532. The smallest absolute Gasteiger partial charge is 0.244 e. The molecule has 22 heavy (non-hydrogen) atoms. The van der Waals surface area contributed by atoms with Crippen LogP contribution in [0.15, 0.2) is 24.3 Å². The Hall–Kier alpha value is -2.01. The highest BCUT2D eigenvalue weighted by atomic mass is 16.5. The van der Waals surface area contributed by atoms with Crippen molar-refractivity contribution in [2.45, 2.75) is 33.2 Å². The number of ether oxygens (including phenoxy) is 1. The summed E-state index contributed by atoms with van der Waals surface area (Å²) in [6.45, 7) is 8.12. The number of benzene rings is 1. The van der Waals surface area contributed by atoms with Crippen LogP contribution in [0.25, 0.3) is 6.08 Å². The predicted molar refractivity (Wildman–Crippen MR) is 89.5 cm³/mol. The Bertz CT molecular complexity index is 537. The Morgan fingerprint density at radius 1 is 1.45 bits per heavy atom. The first-order valence-electron chi connectivity index (χ1n) is 7.37. The van der Waals surface area contributed by atoms with E-state index in [0.717, 1.165) is 5.56 Å². The Kier molecular flexibility index (Phi) is 6.43. The topological polar surface area (TPSA) is 84.6 Å². The standard InChI is InChI=1S/C17H26N2O3/c1-12(2)10-22-15-7-5-13(9-14(15)18)6-8-16(21)19-17(3,4)11-20/h5-9,12,20H,10-11,18H2,1-4H3,(H,19,21)/b8-6-. The molecule has 0 unspecified atom stereocenters. The maximum atomic E-state index is 11.8. The second-order valence-corrected chi connectivity index (χ2v) is 6.37. The van der Waals surface area contributed by atoms with Crippen molar-refractivity contribution in [1.82, 2.24) is 5.32 Å². The zero-order valence-corrected chi connectivity index (χ0v) is 13.7. The monoisotopic (exact) mass is 306 g/mol. The molecular weight excluding hydrogens is 280 g/mol. The third-order valence-electron chi connectivity index (χ3n) is 2.89. The zero-order valence-electron chi connectivity index (χ0n) is 13.7. The SMILES string of the molecule is CC(C)COc1ccc(/C=C\C(=O)NC(C)(C)CO)cc1N. The molecule has 0 bridgehead atoms. The molecule has 0 heterocycles. The molecule has 0 saturated heterocycles. The van der Waals surface area contributed by atoms with Gasteiger partial charge in [-0.05, 0) is 43.5 Å². The molecule has 0 radical (unpaired) electrons. The molecule has 1 aromatic rings. The lowest BCUT2D eigenvalue weighted by Crippen LogP contribution is -2.45. The van der Waals surface area contributed by atoms with Gasteiger partial charge in [-0.1, -0.05) is 19.9 Å². The van der Waals surface area contributed by atoms with Crippen molar-refractivity contribution in [3.8, 4) is 5.75 Å². The Morgan fingerprint density at radius 3 is 2.68 bits per heavy atom. The summed E-state index contributed by atoms with van der Waals surface area (Å²) < 4.78 is 5.60. The van der Waals surface area contributed by atoms with Gasteiger partial charge in [0.1, 0.15) is 5.75 Å². The van der Waals surface area contributed by atoms with E-state index in [1.165, 1.54) is 6.08 Å². The third-order valence-corrected chi connectivity index (χ3v) is 2.89. The van der Waals surface area contributed by atoms with Crippen LogP contribution >= 0.6 is 0 Å². The molecule has 0 aliphatic rings. The van der Waals surface area contributed by atoms with Gasteiger partial charge in [0, 0.05) is 6.08 Å². The van der Waals surface area contributed by atoms with Crippen LogP contribution in [0.5, 0.6) is 5.75 Å². The second-order valence-electron chi connectivity index (χ2n) is 6.37. The Labute approximate surface area is 132 Å². The number of aliphatic hydroxyl groups is 1. The number of hydrogen-bond donors (Lipinski definition) is 3. The van der Waals surface area contributed by atoms with Crippen LogP contribution in [-0.4, -0.2) is 29.8 Å². The van der Waals surface area contributed by atoms with Crippen LogP contribution in [0.2, 0.25) is 0 Å². The van der Waals surface area contributed by atoms with Crippen LogP contribution in [0.4, 0.5) is 5.69 Å². The van der Waals surface area contributed by atoms with Gasteiger partial charge in [0.25, 0.3) is 0 Å². The van der Waals surface area contributed by atoms with Gasteiger partial charge in [-0.15, -0.1) is 0 Å². The number of nitrogens with one attached hydrogen (secondary N) is 1. The summed E-state index contributed by atoms with van der Waals surface area (Å²) >= 11 is 0. The van der Waals surface area contributed by atoms with Gasteiger partial charge >= 0.3 is 0 Å². The van der Waals surface area contributed by atoms with Gasteiger partial charge in [0.2, 0.25) is 5.91 Å². The predicted octanol–water partition coefficient (Wildman–Crippen LogP) is 2.20. The van der Waals surface area contributed by atoms with Crippen molar-refractivity contribution in [1.29, 1.82) is 0 Å². The molecule has 0 saturated carbocycles. The summed E-state index contributed by atoms with van der Waals surface area (Å²) in [5.74, 6) is 0.812. The fourth-order valence-corrected chi connectivity index (χ4v) is 1.65. The molecule has 0 fully saturated rings. The highest BCUT2D eigenvalue weighted by molar-refractivity contribution is 5.92. The van der Waals surface area contributed by atoms with Gasteiger partial charge in [-0.25, -0.2) is 0 Å². The van der Waals surface area contributed by atoms with Crippen LogP contribution in [0, 0.1) is 5.92 Å². The van der Waals surface area contributed by atoms with Crippen LogP contribution < -0.4 is 15.8 Å². The fraction of sp³-hybridized carbons (Fsp3) is 0.471. The van der Waals surface area contributed by atoms with Gasteiger partial charge in [-0.3, -0.25) is 4.79 Å². The van der Waals surface area contributed by atoms with E-state index in [4.69, 9.17) is 15.6 Å². The third kappa shape index (κ3) is 6.18. The summed E-state index contributed by atoms with van der Waals surface area (Å²) in [7, 11) is 0. The molecule has 0 aliphatic heterocycles. The molecule has 0 atom stereocenters. The van der Waals surface area contributed by atoms with Crippen LogP contribution in [0.1, 0.15) is 33.3 Å². The number of carbonyl (C=O) groups is 1. The lowest BCUT2D eigenvalue weighted by atomic mass is 10.1. The van der Waals surface area contributed by atoms with Crippen LogP contribution in [-0.2, 0) is 4.79 Å². The number of amides is 1. The zero-order chi connectivity index (χ0) is 16.8. The minimum atomic E-state index is -0.644. The van der Waals surface area contributed by atoms with E-state index >= 15 is 0 Å². The van der Waals surface area contributed by atoms with Crippen molar-refractivity contribution in [2.24, 2.45) is 5.92 Å². The summed E-state index contributed by atoms with van der Waals surface area (Å²) in [4.78, 5) is 11.8. The maximum absolute atomic E-state index is 11.8.